The highest BCUT2D eigenvalue weighted by atomic mass is 16.5. The summed E-state index contributed by atoms with van der Waals surface area (Å²) in [6, 6.07) is 26.2. The van der Waals surface area contributed by atoms with Crippen molar-refractivity contribution in [2.75, 3.05) is 13.3 Å². The summed E-state index contributed by atoms with van der Waals surface area (Å²) in [6.07, 6.45) is -0.0217. The highest BCUT2D eigenvalue weighted by Gasteiger charge is 2.34. The molecule has 0 aliphatic carbocycles. The van der Waals surface area contributed by atoms with Gasteiger partial charge in [0.2, 0.25) is 0 Å². The molecule has 2 aliphatic rings. The van der Waals surface area contributed by atoms with Crippen LogP contribution in [-0.4, -0.2) is 35.6 Å². The molecule has 0 bridgehead atoms. The fourth-order valence-electron chi connectivity index (χ4n) is 5.92. The molecule has 4 aromatic rings. The van der Waals surface area contributed by atoms with Crippen molar-refractivity contribution in [1.82, 2.24) is 15.1 Å². The summed E-state index contributed by atoms with van der Waals surface area (Å²) < 4.78 is 12.7. The molecule has 4 atom stereocenters. The van der Waals surface area contributed by atoms with Crippen LogP contribution >= 0.6 is 0 Å². The van der Waals surface area contributed by atoms with Crippen LogP contribution in [0.15, 0.2) is 72.8 Å². The van der Waals surface area contributed by atoms with E-state index in [4.69, 9.17) is 9.47 Å². The zero-order valence-corrected chi connectivity index (χ0v) is 20.9. The number of benzene rings is 4. The number of nitrogens with zero attached hydrogens (tertiary/aromatic N) is 2. The Kier molecular flexibility index (Phi) is 5.64. The van der Waals surface area contributed by atoms with Crippen molar-refractivity contribution in [2.24, 2.45) is 0 Å². The van der Waals surface area contributed by atoms with Crippen LogP contribution in [-0.2, 0) is 0 Å². The van der Waals surface area contributed by atoms with E-state index in [1.165, 1.54) is 32.7 Å². The van der Waals surface area contributed by atoms with Gasteiger partial charge in [-0.25, -0.2) is 9.80 Å². The van der Waals surface area contributed by atoms with Crippen LogP contribution in [0.5, 0.6) is 11.5 Å². The highest BCUT2D eigenvalue weighted by molar-refractivity contribution is 5.89. The number of nitrogens with one attached hydrogen (secondary N) is 1. The van der Waals surface area contributed by atoms with Crippen molar-refractivity contribution in [2.45, 2.75) is 52.2 Å². The Morgan fingerprint density at radius 3 is 1.49 bits per heavy atom. The number of rotatable bonds is 4. The fourth-order valence-corrected chi connectivity index (χ4v) is 5.92. The molecule has 5 nitrogen and oxygen atoms in total. The van der Waals surface area contributed by atoms with Crippen molar-refractivity contribution in [3.8, 4) is 11.5 Å². The maximum atomic E-state index is 6.35. The third-order valence-electron chi connectivity index (χ3n) is 7.81. The molecule has 2 heterocycles. The molecule has 0 radical (unpaired) electrons. The lowest BCUT2D eigenvalue weighted by Crippen LogP contribution is -2.52. The van der Waals surface area contributed by atoms with Crippen molar-refractivity contribution in [3.05, 3.63) is 83.9 Å². The summed E-state index contributed by atoms with van der Waals surface area (Å²) in [4.78, 5) is 4.77. The summed E-state index contributed by atoms with van der Waals surface area (Å²) in [7, 11) is 0. The van der Waals surface area contributed by atoms with Gasteiger partial charge >= 0.3 is 0 Å². The molecule has 0 aromatic heterocycles. The van der Waals surface area contributed by atoms with Crippen molar-refractivity contribution < 1.29 is 9.47 Å². The standard InChI is InChI=1S/C30H33N3O2/c1-19-29-25-11-7-5-9-23(25)13-15-27(29)34-21(3)32(19)17-31-18-33-20(2)30-26-12-8-6-10-24(26)14-16-28(30)35-22(33)4/h5-16,19-22,31H,17-18H2,1-4H3. The van der Waals surface area contributed by atoms with Crippen LogP contribution in [0.4, 0.5) is 0 Å². The molecule has 6 rings (SSSR count). The van der Waals surface area contributed by atoms with E-state index in [1.807, 2.05) is 0 Å². The predicted octanol–water partition coefficient (Wildman–Crippen LogP) is 6.40. The molecule has 4 aromatic carbocycles. The maximum absolute atomic E-state index is 6.35. The molecule has 1 N–H and O–H groups in total. The van der Waals surface area contributed by atoms with Crippen molar-refractivity contribution in [3.63, 3.8) is 0 Å². The van der Waals surface area contributed by atoms with Gasteiger partial charge in [-0.2, -0.15) is 0 Å². The SMILES string of the molecule is CC1Oc2ccc3ccccc3c2C(C)N1CNCN1C(C)Oc2ccc3ccccc3c2C1C. The Hall–Kier alpha value is -3.12. The summed E-state index contributed by atoms with van der Waals surface area (Å²) in [5.41, 5.74) is 2.54. The van der Waals surface area contributed by atoms with Gasteiger partial charge in [-0.1, -0.05) is 60.7 Å². The molecule has 0 saturated heterocycles. The quantitative estimate of drug-likeness (QED) is 0.376. The van der Waals surface area contributed by atoms with E-state index >= 15 is 0 Å². The van der Waals surface area contributed by atoms with E-state index in [-0.39, 0.29) is 24.5 Å². The Bertz CT molecular complexity index is 1280. The molecule has 0 saturated carbocycles. The maximum Gasteiger partial charge on any atom is 0.151 e. The number of hydrogen-bond acceptors (Lipinski definition) is 5. The van der Waals surface area contributed by atoms with Gasteiger partial charge in [-0.05, 0) is 61.4 Å². The Morgan fingerprint density at radius 1 is 0.600 bits per heavy atom. The minimum Gasteiger partial charge on any atom is -0.475 e. The lowest BCUT2D eigenvalue weighted by Gasteiger charge is -2.43. The van der Waals surface area contributed by atoms with Gasteiger partial charge in [-0.15, -0.1) is 0 Å². The van der Waals surface area contributed by atoms with Gasteiger partial charge in [-0.3, -0.25) is 5.32 Å². The Balaban J connectivity index is 1.21. The fraction of sp³-hybridized carbons (Fsp3) is 0.333. The topological polar surface area (TPSA) is 37.0 Å². The molecule has 0 fully saturated rings. The second kappa shape index (κ2) is 8.83. The average molecular weight is 468 g/mol. The second-order valence-electron chi connectivity index (χ2n) is 9.78. The van der Waals surface area contributed by atoms with Crippen LogP contribution < -0.4 is 14.8 Å². The lowest BCUT2D eigenvalue weighted by atomic mass is 9.96. The summed E-state index contributed by atoms with van der Waals surface area (Å²) in [5, 5.41) is 8.74. The van der Waals surface area contributed by atoms with E-state index in [2.05, 4.69) is 116 Å². The molecule has 180 valence electrons. The van der Waals surface area contributed by atoms with Crippen LogP contribution in [0.25, 0.3) is 21.5 Å². The van der Waals surface area contributed by atoms with E-state index in [0.717, 1.165) is 24.8 Å². The minimum absolute atomic E-state index is 0.0108. The van der Waals surface area contributed by atoms with Crippen molar-refractivity contribution >= 4 is 21.5 Å². The third kappa shape index (κ3) is 3.75. The first-order valence-corrected chi connectivity index (χ1v) is 12.6. The predicted molar refractivity (Wildman–Crippen MR) is 141 cm³/mol. The van der Waals surface area contributed by atoms with Gasteiger partial charge in [0.05, 0.1) is 13.3 Å². The van der Waals surface area contributed by atoms with Crippen molar-refractivity contribution in [1.29, 1.82) is 0 Å². The Labute approximate surface area is 207 Å². The van der Waals surface area contributed by atoms with Gasteiger partial charge < -0.3 is 9.47 Å². The zero-order chi connectivity index (χ0) is 24.1. The lowest BCUT2D eigenvalue weighted by molar-refractivity contribution is -0.0386. The number of hydrogen-bond donors (Lipinski definition) is 1. The first-order valence-electron chi connectivity index (χ1n) is 12.6. The van der Waals surface area contributed by atoms with Gasteiger partial charge in [0.1, 0.15) is 11.5 Å². The minimum atomic E-state index is -0.0108. The van der Waals surface area contributed by atoms with Crippen LogP contribution in [0.3, 0.4) is 0 Å². The molecular weight excluding hydrogens is 434 g/mol. The number of fused-ring (bicyclic) bond motifs is 6. The molecule has 0 spiro atoms. The van der Waals surface area contributed by atoms with Crippen LogP contribution in [0, 0.1) is 0 Å². The normalized spacial score (nSPS) is 24.6. The monoisotopic (exact) mass is 467 g/mol. The summed E-state index contributed by atoms with van der Waals surface area (Å²) in [5.74, 6) is 1.99. The first kappa shape index (κ1) is 22.4. The molecule has 35 heavy (non-hydrogen) atoms. The van der Waals surface area contributed by atoms with E-state index in [1.54, 1.807) is 0 Å². The summed E-state index contributed by atoms with van der Waals surface area (Å²) >= 11 is 0. The molecule has 4 unspecified atom stereocenters. The number of ether oxygens (including phenoxy) is 2. The molecule has 5 heteroatoms. The smallest absolute Gasteiger partial charge is 0.151 e. The second-order valence-corrected chi connectivity index (χ2v) is 9.78. The van der Waals surface area contributed by atoms with Gasteiger partial charge in [0.15, 0.2) is 12.5 Å². The summed E-state index contributed by atoms with van der Waals surface area (Å²) in [6.45, 7) is 10.3. The molecule has 0 amide bonds. The van der Waals surface area contributed by atoms with Gasteiger partial charge in [0.25, 0.3) is 0 Å². The van der Waals surface area contributed by atoms with Crippen LogP contribution in [0.2, 0.25) is 0 Å². The largest absolute Gasteiger partial charge is 0.475 e. The first-order chi connectivity index (χ1) is 17.0. The van der Waals surface area contributed by atoms with Crippen LogP contribution in [0.1, 0.15) is 50.9 Å². The average Bonchev–Trinajstić information content (AvgIpc) is 2.86. The molecule has 2 aliphatic heterocycles. The van der Waals surface area contributed by atoms with E-state index < -0.39 is 0 Å². The van der Waals surface area contributed by atoms with E-state index in [0.29, 0.717) is 0 Å². The van der Waals surface area contributed by atoms with Gasteiger partial charge in [0, 0.05) is 23.2 Å². The zero-order valence-electron chi connectivity index (χ0n) is 20.9. The van der Waals surface area contributed by atoms with E-state index in [9.17, 15) is 0 Å². The third-order valence-corrected chi connectivity index (χ3v) is 7.81. The highest BCUT2D eigenvalue weighted by Crippen LogP contribution is 2.42. The Morgan fingerprint density at radius 2 is 1.03 bits per heavy atom. The molecular formula is C30H33N3O2.